The summed E-state index contributed by atoms with van der Waals surface area (Å²) in [6.07, 6.45) is 1.25. The average Bonchev–Trinajstić information content (AvgIpc) is 2.55. The molecule has 0 fully saturated rings. The molecule has 0 atom stereocenters. The zero-order valence-corrected chi connectivity index (χ0v) is 13.1. The van der Waals surface area contributed by atoms with Gasteiger partial charge in [0.05, 0.1) is 6.21 Å². The first-order valence-corrected chi connectivity index (χ1v) is 7.35. The highest BCUT2D eigenvalue weighted by Crippen LogP contribution is 2.18. The van der Waals surface area contributed by atoms with Crippen molar-refractivity contribution in [1.82, 2.24) is 5.43 Å². The van der Waals surface area contributed by atoms with Gasteiger partial charge in [-0.1, -0.05) is 44.2 Å². The van der Waals surface area contributed by atoms with Crippen molar-refractivity contribution in [3.05, 3.63) is 65.5 Å². The Bertz CT molecular complexity index is 682. The third kappa shape index (κ3) is 5.21. The molecule has 0 aliphatic heterocycles. The van der Waals surface area contributed by atoms with Crippen molar-refractivity contribution in [2.24, 2.45) is 5.10 Å². The summed E-state index contributed by atoms with van der Waals surface area (Å²) >= 11 is 0. The molecule has 0 saturated heterocycles. The highest BCUT2D eigenvalue weighted by molar-refractivity contribution is 5.83. The third-order valence-electron chi connectivity index (χ3n) is 3.21. The fourth-order valence-electron chi connectivity index (χ4n) is 1.88. The molecular formula is C18H19FN2O2. The van der Waals surface area contributed by atoms with E-state index in [1.165, 1.54) is 17.8 Å². The van der Waals surface area contributed by atoms with E-state index < -0.39 is 11.7 Å². The Kier molecular flexibility index (Phi) is 5.86. The lowest BCUT2D eigenvalue weighted by Gasteiger charge is -2.08. The maximum Gasteiger partial charge on any atom is 0.277 e. The van der Waals surface area contributed by atoms with Crippen LogP contribution in [0.25, 0.3) is 0 Å². The van der Waals surface area contributed by atoms with E-state index in [1.807, 2.05) is 24.3 Å². The van der Waals surface area contributed by atoms with Crippen LogP contribution in [0.1, 0.15) is 30.9 Å². The number of hydrazone groups is 1. The molecule has 2 aromatic carbocycles. The molecule has 0 aliphatic carbocycles. The number of carbonyl (C=O) groups is 1. The second-order valence-corrected chi connectivity index (χ2v) is 5.33. The Morgan fingerprint density at radius 2 is 1.91 bits per heavy atom. The maximum atomic E-state index is 13.3. The molecule has 5 heteroatoms. The van der Waals surface area contributed by atoms with E-state index in [-0.39, 0.29) is 6.61 Å². The SMILES string of the molecule is CC(C)c1ccc(OCC(=O)N/N=C/c2ccccc2F)cc1. The predicted octanol–water partition coefficient (Wildman–Crippen LogP) is 3.48. The Morgan fingerprint density at radius 1 is 1.22 bits per heavy atom. The molecule has 4 nitrogen and oxygen atoms in total. The molecule has 0 aliphatic rings. The summed E-state index contributed by atoms with van der Waals surface area (Å²) in [5.74, 6) is 0.250. The van der Waals surface area contributed by atoms with Crippen LogP contribution in [0.4, 0.5) is 4.39 Å². The lowest BCUT2D eigenvalue weighted by molar-refractivity contribution is -0.123. The molecule has 23 heavy (non-hydrogen) atoms. The normalized spacial score (nSPS) is 11.0. The van der Waals surface area contributed by atoms with Gasteiger partial charge in [-0.2, -0.15) is 5.10 Å². The van der Waals surface area contributed by atoms with Gasteiger partial charge in [0, 0.05) is 5.56 Å². The van der Waals surface area contributed by atoms with Gasteiger partial charge >= 0.3 is 0 Å². The summed E-state index contributed by atoms with van der Waals surface area (Å²) in [4.78, 5) is 11.6. The number of halogens is 1. The summed E-state index contributed by atoms with van der Waals surface area (Å²) in [5.41, 5.74) is 3.81. The van der Waals surface area contributed by atoms with E-state index >= 15 is 0 Å². The van der Waals surface area contributed by atoms with E-state index in [2.05, 4.69) is 24.4 Å². The first kappa shape index (κ1) is 16.7. The number of hydrogen-bond acceptors (Lipinski definition) is 3. The monoisotopic (exact) mass is 314 g/mol. The molecule has 0 saturated carbocycles. The first-order valence-electron chi connectivity index (χ1n) is 7.35. The van der Waals surface area contributed by atoms with Gasteiger partial charge in [0.15, 0.2) is 6.61 Å². The van der Waals surface area contributed by atoms with Crippen LogP contribution < -0.4 is 10.2 Å². The molecular weight excluding hydrogens is 295 g/mol. The highest BCUT2D eigenvalue weighted by atomic mass is 19.1. The lowest BCUT2D eigenvalue weighted by atomic mass is 10.0. The van der Waals surface area contributed by atoms with Crippen molar-refractivity contribution < 1.29 is 13.9 Å². The zero-order chi connectivity index (χ0) is 16.7. The summed E-state index contributed by atoms with van der Waals surface area (Å²) < 4.78 is 18.7. The molecule has 2 aromatic rings. The minimum absolute atomic E-state index is 0.157. The number of nitrogens with one attached hydrogen (secondary N) is 1. The summed E-state index contributed by atoms with van der Waals surface area (Å²) in [6, 6.07) is 13.8. The first-order chi connectivity index (χ1) is 11.1. The van der Waals surface area contributed by atoms with Gasteiger partial charge in [-0.05, 0) is 29.7 Å². The average molecular weight is 314 g/mol. The zero-order valence-electron chi connectivity index (χ0n) is 13.1. The number of carbonyl (C=O) groups excluding carboxylic acids is 1. The molecule has 0 bridgehead atoms. The molecule has 0 heterocycles. The maximum absolute atomic E-state index is 13.3. The molecule has 1 N–H and O–H groups in total. The minimum Gasteiger partial charge on any atom is -0.484 e. The molecule has 0 aromatic heterocycles. The lowest BCUT2D eigenvalue weighted by Crippen LogP contribution is -2.24. The van der Waals surface area contributed by atoms with Crippen molar-refractivity contribution >= 4 is 12.1 Å². The van der Waals surface area contributed by atoms with E-state index in [4.69, 9.17) is 4.74 Å². The molecule has 120 valence electrons. The molecule has 0 radical (unpaired) electrons. The predicted molar refractivity (Wildman–Crippen MR) is 88.2 cm³/mol. The van der Waals surface area contributed by atoms with Crippen molar-refractivity contribution in [3.8, 4) is 5.75 Å². The Labute approximate surface area is 135 Å². The summed E-state index contributed by atoms with van der Waals surface area (Å²) in [7, 11) is 0. The van der Waals surface area contributed by atoms with Crippen LogP contribution >= 0.6 is 0 Å². The standard InChI is InChI=1S/C18H19FN2O2/c1-13(2)14-7-9-16(10-8-14)23-12-18(22)21-20-11-15-5-3-4-6-17(15)19/h3-11,13H,12H2,1-2H3,(H,21,22)/b20-11+. The number of benzene rings is 2. The Morgan fingerprint density at radius 3 is 2.57 bits per heavy atom. The van der Waals surface area contributed by atoms with Crippen molar-refractivity contribution in [1.29, 1.82) is 0 Å². The Hall–Kier alpha value is -2.69. The Balaban J connectivity index is 1.80. The van der Waals surface area contributed by atoms with E-state index in [0.717, 1.165) is 0 Å². The van der Waals surface area contributed by atoms with Crippen LogP contribution in [0.15, 0.2) is 53.6 Å². The number of rotatable bonds is 6. The molecule has 0 spiro atoms. The van der Waals surface area contributed by atoms with Gasteiger partial charge < -0.3 is 4.74 Å². The summed E-state index contributed by atoms with van der Waals surface area (Å²) in [5, 5.41) is 3.71. The third-order valence-corrected chi connectivity index (χ3v) is 3.21. The van der Waals surface area contributed by atoms with Gasteiger partial charge in [0.2, 0.25) is 0 Å². The topological polar surface area (TPSA) is 50.7 Å². The van der Waals surface area contributed by atoms with Crippen molar-refractivity contribution in [2.45, 2.75) is 19.8 Å². The van der Waals surface area contributed by atoms with Gasteiger partial charge in [-0.25, -0.2) is 9.82 Å². The number of ether oxygens (including phenoxy) is 1. The smallest absolute Gasteiger partial charge is 0.277 e. The fourth-order valence-corrected chi connectivity index (χ4v) is 1.88. The second-order valence-electron chi connectivity index (χ2n) is 5.33. The van der Waals surface area contributed by atoms with Gasteiger partial charge in [0.25, 0.3) is 5.91 Å². The van der Waals surface area contributed by atoms with Crippen LogP contribution in [0, 0.1) is 5.82 Å². The fraction of sp³-hybridized carbons (Fsp3) is 0.222. The minimum atomic E-state index is -0.412. The van der Waals surface area contributed by atoms with Gasteiger partial charge in [-0.15, -0.1) is 0 Å². The number of hydrogen-bond donors (Lipinski definition) is 1. The quantitative estimate of drug-likeness (QED) is 0.655. The number of nitrogens with zero attached hydrogens (tertiary/aromatic N) is 1. The van der Waals surface area contributed by atoms with Crippen molar-refractivity contribution in [2.75, 3.05) is 6.61 Å². The second kappa shape index (κ2) is 8.08. The molecule has 0 unspecified atom stereocenters. The van der Waals surface area contributed by atoms with Gasteiger partial charge in [0.1, 0.15) is 11.6 Å². The van der Waals surface area contributed by atoms with Crippen molar-refractivity contribution in [3.63, 3.8) is 0 Å². The van der Waals surface area contributed by atoms with E-state index in [9.17, 15) is 9.18 Å². The van der Waals surface area contributed by atoms with Crippen LogP contribution in [0.2, 0.25) is 0 Å². The van der Waals surface area contributed by atoms with E-state index in [1.54, 1.807) is 18.2 Å². The molecule has 1 amide bonds. The van der Waals surface area contributed by atoms with Crippen LogP contribution in [-0.2, 0) is 4.79 Å². The molecule has 2 rings (SSSR count). The highest BCUT2D eigenvalue weighted by Gasteiger charge is 2.03. The largest absolute Gasteiger partial charge is 0.484 e. The van der Waals surface area contributed by atoms with E-state index in [0.29, 0.717) is 17.2 Å². The van der Waals surface area contributed by atoms with Crippen LogP contribution in [0.5, 0.6) is 5.75 Å². The van der Waals surface area contributed by atoms with Crippen LogP contribution in [0.3, 0.4) is 0 Å². The summed E-state index contributed by atoms with van der Waals surface area (Å²) in [6.45, 7) is 4.06. The van der Waals surface area contributed by atoms with Gasteiger partial charge in [-0.3, -0.25) is 4.79 Å². The van der Waals surface area contributed by atoms with Crippen LogP contribution in [-0.4, -0.2) is 18.7 Å². The number of amides is 1.